The van der Waals surface area contributed by atoms with Crippen LogP contribution in [-0.2, 0) is 28.5 Å². The number of aliphatic hydroxyl groups excluding tert-OH is 1. The van der Waals surface area contributed by atoms with E-state index in [-0.39, 0.29) is 30.6 Å². The van der Waals surface area contributed by atoms with Crippen LogP contribution in [0.15, 0.2) is 0 Å². The van der Waals surface area contributed by atoms with E-state index in [1.807, 2.05) is 11.8 Å². The van der Waals surface area contributed by atoms with Crippen LogP contribution < -0.4 is 16.0 Å². The summed E-state index contributed by atoms with van der Waals surface area (Å²) in [5.41, 5.74) is 0. The first-order valence-electron chi connectivity index (χ1n) is 12.2. The number of carbonyl (C=O) groups excluding carboxylic acids is 2. The van der Waals surface area contributed by atoms with E-state index in [0.717, 1.165) is 25.0 Å². The van der Waals surface area contributed by atoms with Crippen molar-refractivity contribution >= 4 is 23.7 Å². The molecule has 0 aromatic carbocycles. The number of rotatable bonds is 22. The second-order valence-electron chi connectivity index (χ2n) is 8.00. The number of fused-ring (bicyclic) bond motifs is 1. The highest BCUT2D eigenvalue weighted by atomic mass is 32.2. The first-order valence-corrected chi connectivity index (χ1v) is 13.2. The van der Waals surface area contributed by atoms with Crippen LogP contribution in [0.2, 0.25) is 0 Å². The van der Waals surface area contributed by atoms with Crippen LogP contribution in [0, 0.1) is 0 Å². The Morgan fingerprint density at radius 2 is 1.47 bits per heavy atom. The Kier molecular flexibility index (Phi) is 16.3. The van der Waals surface area contributed by atoms with Crippen molar-refractivity contribution in [2.45, 2.75) is 43.0 Å². The van der Waals surface area contributed by atoms with Crippen molar-refractivity contribution < 1.29 is 38.4 Å². The van der Waals surface area contributed by atoms with Gasteiger partial charge in [-0.1, -0.05) is 6.42 Å². The normalized spacial score (nSPS) is 21.3. The summed E-state index contributed by atoms with van der Waals surface area (Å²) in [7, 11) is 0. The summed E-state index contributed by atoms with van der Waals surface area (Å²) in [4.78, 5) is 23.3. The maximum atomic E-state index is 11.9. The van der Waals surface area contributed by atoms with Crippen molar-refractivity contribution in [1.82, 2.24) is 16.0 Å². The van der Waals surface area contributed by atoms with Gasteiger partial charge in [-0.3, -0.25) is 4.79 Å². The highest BCUT2D eigenvalue weighted by Crippen LogP contribution is 2.33. The van der Waals surface area contributed by atoms with Gasteiger partial charge in [0, 0.05) is 24.0 Å². The van der Waals surface area contributed by atoms with Crippen LogP contribution >= 0.6 is 11.8 Å². The van der Waals surface area contributed by atoms with Crippen molar-refractivity contribution in [3.8, 4) is 0 Å². The molecule has 0 aromatic heterocycles. The zero-order chi connectivity index (χ0) is 24.3. The molecule has 2 saturated heterocycles. The van der Waals surface area contributed by atoms with Crippen LogP contribution in [-0.4, -0.2) is 119 Å². The molecule has 3 amide bonds. The molecule has 11 nitrogen and oxygen atoms in total. The molecule has 4 N–H and O–H groups in total. The Hall–Kier alpha value is -1.15. The molecule has 198 valence electrons. The third kappa shape index (κ3) is 13.1. The van der Waals surface area contributed by atoms with Gasteiger partial charge in [0.2, 0.25) is 5.91 Å². The summed E-state index contributed by atoms with van der Waals surface area (Å²) in [6.07, 6.45) is 3.37. The van der Waals surface area contributed by atoms with E-state index in [1.165, 1.54) is 0 Å². The summed E-state index contributed by atoms with van der Waals surface area (Å²) >= 11 is 1.90. The molecule has 34 heavy (non-hydrogen) atoms. The molecular formula is C22H41N3O8S. The average Bonchev–Trinajstić information content (AvgIpc) is 3.38. The number of urea groups is 1. The van der Waals surface area contributed by atoms with Gasteiger partial charge in [0.25, 0.3) is 0 Å². The third-order valence-electron chi connectivity index (χ3n) is 5.37. The van der Waals surface area contributed by atoms with Crippen molar-refractivity contribution in [1.29, 1.82) is 0 Å². The molecule has 2 aliphatic heterocycles. The maximum absolute atomic E-state index is 11.9. The first kappa shape index (κ1) is 29.1. The van der Waals surface area contributed by atoms with Gasteiger partial charge in [-0.05, 0) is 12.8 Å². The first-order chi connectivity index (χ1) is 16.7. The molecule has 3 atom stereocenters. The topological polar surface area (TPSA) is 137 Å². The summed E-state index contributed by atoms with van der Waals surface area (Å²) in [6, 6.07) is 0.428. The van der Waals surface area contributed by atoms with Crippen molar-refractivity contribution in [3.05, 3.63) is 0 Å². The lowest BCUT2D eigenvalue weighted by molar-refractivity contribution is -0.121. The number of unbranched alkanes of at least 4 members (excludes halogenated alkanes) is 1. The van der Waals surface area contributed by atoms with E-state index < -0.39 is 0 Å². The quantitative estimate of drug-likeness (QED) is 0.117. The van der Waals surface area contributed by atoms with Gasteiger partial charge in [0.1, 0.15) is 0 Å². The number of aliphatic hydroxyl groups is 1. The van der Waals surface area contributed by atoms with Gasteiger partial charge in [-0.2, -0.15) is 11.8 Å². The number of hydrogen-bond donors (Lipinski definition) is 4. The summed E-state index contributed by atoms with van der Waals surface area (Å²) in [5, 5.41) is 17.8. The lowest BCUT2D eigenvalue weighted by atomic mass is 10.0. The molecule has 2 fully saturated rings. The van der Waals surface area contributed by atoms with Gasteiger partial charge in [0.05, 0.1) is 84.8 Å². The minimum Gasteiger partial charge on any atom is -0.394 e. The third-order valence-corrected chi connectivity index (χ3v) is 6.88. The number of ether oxygens (including phenoxy) is 5. The molecule has 0 spiro atoms. The molecule has 0 bridgehead atoms. The summed E-state index contributed by atoms with van der Waals surface area (Å²) < 4.78 is 26.6. The molecule has 12 heteroatoms. The lowest BCUT2D eigenvalue weighted by Gasteiger charge is -2.16. The Morgan fingerprint density at radius 3 is 2.09 bits per heavy atom. The predicted molar refractivity (Wildman–Crippen MR) is 128 cm³/mol. The second-order valence-corrected chi connectivity index (χ2v) is 9.28. The minimum absolute atomic E-state index is 0.0226. The fraction of sp³-hybridized carbons (Fsp3) is 0.909. The lowest BCUT2D eigenvalue weighted by Crippen LogP contribution is -2.36. The number of amides is 3. The van der Waals surface area contributed by atoms with Gasteiger partial charge < -0.3 is 44.7 Å². The highest BCUT2D eigenvalue weighted by molar-refractivity contribution is 8.00. The molecule has 2 heterocycles. The SMILES string of the molecule is O=C(CCCC[C@@H]1SC[C@@H]2NC(=O)N[C@H]21)NCCOCCOCCOCCOCCOCCO. The average molecular weight is 508 g/mol. The number of hydrogen-bond acceptors (Lipinski definition) is 9. The molecule has 0 radical (unpaired) electrons. The van der Waals surface area contributed by atoms with E-state index in [1.54, 1.807) is 0 Å². The van der Waals surface area contributed by atoms with E-state index in [2.05, 4.69) is 16.0 Å². The zero-order valence-corrected chi connectivity index (χ0v) is 20.8. The van der Waals surface area contributed by atoms with Gasteiger partial charge in [0.15, 0.2) is 0 Å². The molecule has 0 unspecified atom stereocenters. The standard InChI is InChI=1S/C22H41N3O8S/c26-6-8-30-10-12-32-14-16-33-15-13-31-11-9-29-7-5-23-20(27)4-2-1-3-19-21-18(17-34-19)24-22(28)25-21/h18-19,21,26H,1-17H2,(H,23,27)(H2,24,25,28)/t18-,19-,21+/m0/s1. The summed E-state index contributed by atoms with van der Waals surface area (Å²) in [5.74, 6) is 1.01. The predicted octanol–water partition coefficient (Wildman–Crippen LogP) is -0.0963. The van der Waals surface area contributed by atoms with Crippen molar-refractivity contribution in [2.75, 3.05) is 85.0 Å². The fourth-order valence-electron chi connectivity index (χ4n) is 3.67. The van der Waals surface area contributed by atoms with Crippen LogP contribution in [0.4, 0.5) is 4.79 Å². The Bertz CT molecular complexity index is 560. The zero-order valence-electron chi connectivity index (χ0n) is 20.0. The van der Waals surface area contributed by atoms with E-state index in [0.29, 0.717) is 84.3 Å². The van der Waals surface area contributed by atoms with Crippen LogP contribution in [0.1, 0.15) is 25.7 Å². The maximum Gasteiger partial charge on any atom is 0.315 e. The summed E-state index contributed by atoms with van der Waals surface area (Å²) in [6.45, 7) is 5.18. The Labute approximate surface area is 206 Å². The fourth-order valence-corrected chi connectivity index (χ4v) is 5.21. The van der Waals surface area contributed by atoms with Gasteiger partial charge in [-0.25, -0.2) is 4.79 Å². The van der Waals surface area contributed by atoms with Crippen molar-refractivity contribution in [2.24, 2.45) is 0 Å². The van der Waals surface area contributed by atoms with E-state index >= 15 is 0 Å². The Balaban J connectivity index is 1.26. The number of nitrogens with one attached hydrogen (secondary N) is 3. The van der Waals surface area contributed by atoms with Gasteiger partial charge in [-0.15, -0.1) is 0 Å². The van der Waals surface area contributed by atoms with Gasteiger partial charge >= 0.3 is 6.03 Å². The highest BCUT2D eigenvalue weighted by Gasteiger charge is 2.42. The molecule has 0 saturated carbocycles. The number of thioether (sulfide) groups is 1. The van der Waals surface area contributed by atoms with Crippen LogP contribution in [0.5, 0.6) is 0 Å². The second kappa shape index (κ2) is 19.1. The van der Waals surface area contributed by atoms with Crippen molar-refractivity contribution in [3.63, 3.8) is 0 Å². The van der Waals surface area contributed by atoms with Crippen LogP contribution in [0.25, 0.3) is 0 Å². The minimum atomic E-state index is -0.0573. The smallest absolute Gasteiger partial charge is 0.315 e. The molecule has 0 aliphatic carbocycles. The molecule has 0 aromatic rings. The monoisotopic (exact) mass is 507 g/mol. The molecular weight excluding hydrogens is 466 g/mol. The Morgan fingerprint density at radius 1 is 0.882 bits per heavy atom. The molecule has 2 rings (SSSR count). The number of carbonyl (C=O) groups is 2. The molecule has 2 aliphatic rings. The van der Waals surface area contributed by atoms with E-state index in [4.69, 9.17) is 28.8 Å². The van der Waals surface area contributed by atoms with E-state index in [9.17, 15) is 9.59 Å². The largest absolute Gasteiger partial charge is 0.394 e. The van der Waals surface area contributed by atoms with Crippen LogP contribution in [0.3, 0.4) is 0 Å².